The van der Waals surface area contributed by atoms with E-state index in [0.29, 0.717) is 36.2 Å². The second-order valence-corrected chi connectivity index (χ2v) is 7.20. The average molecular weight is 373 g/mol. The van der Waals surface area contributed by atoms with E-state index in [4.69, 9.17) is 21.1 Å². The smallest absolute Gasteiger partial charge is 0.226 e. The lowest BCUT2D eigenvalue weighted by atomic mass is 9.84. The van der Waals surface area contributed by atoms with Gasteiger partial charge in [0.2, 0.25) is 5.91 Å². The van der Waals surface area contributed by atoms with E-state index in [-0.39, 0.29) is 11.8 Å². The monoisotopic (exact) mass is 372 g/mol. The zero-order chi connectivity index (χ0) is 18.1. The van der Waals surface area contributed by atoms with Crippen LogP contribution in [0, 0.1) is 5.92 Å². The molecule has 1 aliphatic heterocycles. The molecule has 0 saturated heterocycles. The van der Waals surface area contributed by atoms with Crippen LogP contribution in [0.5, 0.6) is 11.5 Å². The first-order valence-electron chi connectivity index (χ1n) is 8.90. The van der Waals surface area contributed by atoms with Gasteiger partial charge in [0, 0.05) is 29.8 Å². The molecular formula is C20H21ClN2O3. The van der Waals surface area contributed by atoms with Crippen LogP contribution < -0.4 is 9.47 Å². The van der Waals surface area contributed by atoms with Gasteiger partial charge in [-0.25, -0.2) is 0 Å². The zero-order valence-electron chi connectivity index (χ0n) is 14.7. The summed E-state index contributed by atoms with van der Waals surface area (Å²) in [6, 6.07) is 7.63. The maximum Gasteiger partial charge on any atom is 0.226 e. The molecule has 1 aromatic carbocycles. The predicted octanol–water partition coefficient (Wildman–Crippen LogP) is 3.93. The minimum Gasteiger partial charge on any atom is -0.493 e. The third kappa shape index (κ3) is 3.23. The van der Waals surface area contributed by atoms with E-state index < -0.39 is 0 Å². The number of nitrogens with zero attached hydrogens (tertiary/aromatic N) is 2. The summed E-state index contributed by atoms with van der Waals surface area (Å²) in [5.41, 5.74) is 2.66. The van der Waals surface area contributed by atoms with E-state index in [0.717, 1.165) is 36.1 Å². The van der Waals surface area contributed by atoms with Gasteiger partial charge in [-0.3, -0.25) is 9.78 Å². The predicted molar refractivity (Wildman–Crippen MR) is 99.5 cm³/mol. The molecule has 1 saturated carbocycles. The fraction of sp³-hybridized carbons (Fsp3) is 0.400. The summed E-state index contributed by atoms with van der Waals surface area (Å²) < 4.78 is 11.5. The molecule has 0 radical (unpaired) electrons. The first-order valence-corrected chi connectivity index (χ1v) is 9.28. The molecule has 0 spiro atoms. The van der Waals surface area contributed by atoms with Gasteiger partial charge >= 0.3 is 0 Å². The SMILES string of the molecule is COc1cc(-c2ccc(Cl)cn2)cc2c1OCCN(C(=O)C1CCC1)C2. The number of fused-ring (bicyclic) bond motifs is 1. The molecule has 1 aliphatic carbocycles. The van der Waals surface area contributed by atoms with Crippen molar-refractivity contribution in [3.63, 3.8) is 0 Å². The minimum absolute atomic E-state index is 0.180. The summed E-state index contributed by atoms with van der Waals surface area (Å²) >= 11 is 5.95. The van der Waals surface area contributed by atoms with Gasteiger partial charge in [0.1, 0.15) is 6.61 Å². The molecule has 136 valence electrons. The van der Waals surface area contributed by atoms with Crippen molar-refractivity contribution in [1.29, 1.82) is 0 Å². The van der Waals surface area contributed by atoms with Crippen LogP contribution in [-0.4, -0.2) is 36.1 Å². The highest BCUT2D eigenvalue weighted by Crippen LogP contribution is 2.39. The summed E-state index contributed by atoms with van der Waals surface area (Å²) in [6.45, 7) is 1.60. The van der Waals surface area contributed by atoms with Gasteiger partial charge in [-0.15, -0.1) is 0 Å². The fourth-order valence-electron chi connectivity index (χ4n) is 3.43. The van der Waals surface area contributed by atoms with Crippen LogP contribution in [0.2, 0.25) is 5.02 Å². The lowest BCUT2D eigenvalue weighted by Gasteiger charge is -2.30. The summed E-state index contributed by atoms with van der Waals surface area (Å²) in [7, 11) is 1.63. The van der Waals surface area contributed by atoms with E-state index in [1.165, 1.54) is 0 Å². The number of hydrogen-bond donors (Lipinski definition) is 0. The van der Waals surface area contributed by atoms with Crippen molar-refractivity contribution < 1.29 is 14.3 Å². The van der Waals surface area contributed by atoms with Crippen molar-refractivity contribution in [2.45, 2.75) is 25.8 Å². The van der Waals surface area contributed by atoms with E-state index in [2.05, 4.69) is 4.98 Å². The highest BCUT2D eigenvalue weighted by molar-refractivity contribution is 6.30. The molecule has 6 heteroatoms. The Labute approximate surface area is 157 Å². The number of amides is 1. The summed E-state index contributed by atoms with van der Waals surface area (Å²) in [5.74, 6) is 1.79. The van der Waals surface area contributed by atoms with Crippen molar-refractivity contribution >= 4 is 17.5 Å². The number of hydrogen-bond acceptors (Lipinski definition) is 4. The Morgan fingerprint density at radius 1 is 1.35 bits per heavy atom. The molecule has 1 fully saturated rings. The van der Waals surface area contributed by atoms with Crippen LogP contribution in [0.15, 0.2) is 30.5 Å². The van der Waals surface area contributed by atoms with Crippen LogP contribution in [-0.2, 0) is 11.3 Å². The summed E-state index contributed by atoms with van der Waals surface area (Å²) in [6.07, 6.45) is 4.78. The molecule has 1 aromatic heterocycles. The third-order valence-electron chi connectivity index (χ3n) is 5.11. The number of pyridine rings is 1. The second-order valence-electron chi connectivity index (χ2n) is 6.76. The lowest BCUT2D eigenvalue weighted by Crippen LogP contribution is -2.39. The normalized spacial score (nSPS) is 16.9. The Hall–Kier alpha value is -2.27. The number of halogens is 1. The molecule has 26 heavy (non-hydrogen) atoms. The van der Waals surface area contributed by atoms with E-state index in [1.54, 1.807) is 13.3 Å². The minimum atomic E-state index is 0.180. The lowest BCUT2D eigenvalue weighted by molar-refractivity contribution is -0.138. The van der Waals surface area contributed by atoms with Gasteiger partial charge in [-0.1, -0.05) is 18.0 Å². The van der Waals surface area contributed by atoms with Gasteiger partial charge in [-0.05, 0) is 37.1 Å². The van der Waals surface area contributed by atoms with Crippen LogP contribution in [0.4, 0.5) is 0 Å². The third-order valence-corrected chi connectivity index (χ3v) is 5.33. The molecule has 4 rings (SSSR count). The van der Waals surface area contributed by atoms with Crippen molar-refractivity contribution in [3.05, 3.63) is 41.0 Å². The quantitative estimate of drug-likeness (QED) is 0.819. The number of aromatic nitrogens is 1. The topological polar surface area (TPSA) is 51.7 Å². The van der Waals surface area contributed by atoms with Gasteiger partial charge < -0.3 is 14.4 Å². The molecule has 0 bridgehead atoms. The summed E-state index contributed by atoms with van der Waals surface area (Å²) in [5, 5.41) is 0.594. The van der Waals surface area contributed by atoms with Crippen molar-refractivity contribution in [1.82, 2.24) is 9.88 Å². The standard InChI is InChI=1S/C20H21ClN2O3/c1-25-18-10-14(17-6-5-16(21)11-22-17)9-15-12-23(7-8-26-19(15)18)20(24)13-3-2-4-13/h5-6,9-11,13H,2-4,7-8,12H2,1H3. The first kappa shape index (κ1) is 17.2. The molecule has 0 atom stereocenters. The first-order chi connectivity index (χ1) is 12.7. The van der Waals surface area contributed by atoms with Crippen molar-refractivity contribution in [3.8, 4) is 22.8 Å². The highest BCUT2D eigenvalue weighted by atomic mass is 35.5. The van der Waals surface area contributed by atoms with E-state index in [1.807, 2.05) is 29.2 Å². The molecule has 0 unspecified atom stereocenters. The number of carbonyl (C=O) groups is 1. The van der Waals surface area contributed by atoms with E-state index >= 15 is 0 Å². The number of rotatable bonds is 3. The van der Waals surface area contributed by atoms with Gasteiger partial charge in [0.15, 0.2) is 11.5 Å². The number of benzene rings is 1. The van der Waals surface area contributed by atoms with Crippen LogP contribution in [0.25, 0.3) is 11.3 Å². The van der Waals surface area contributed by atoms with E-state index in [9.17, 15) is 4.79 Å². The van der Waals surface area contributed by atoms with Crippen molar-refractivity contribution in [2.24, 2.45) is 5.92 Å². The molecule has 2 aromatic rings. The number of methoxy groups -OCH3 is 1. The summed E-state index contributed by atoms with van der Waals surface area (Å²) in [4.78, 5) is 19.0. The highest BCUT2D eigenvalue weighted by Gasteiger charge is 2.31. The Balaban J connectivity index is 1.69. The second kappa shape index (κ2) is 7.16. The Morgan fingerprint density at radius 3 is 2.85 bits per heavy atom. The van der Waals surface area contributed by atoms with Gasteiger partial charge in [-0.2, -0.15) is 0 Å². The Morgan fingerprint density at radius 2 is 2.19 bits per heavy atom. The Bertz CT molecular complexity index is 819. The number of carbonyl (C=O) groups excluding carboxylic acids is 1. The fourth-order valence-corrected chi connectivity index (χ4v) is 3.54. The molecule has 2 heterocycles. The molecule has 2 aliphatic rings. The van der Waals surface area contributed by atoms with Gasteiger partial charge in [0.25, 0.3) is 0 Å². The molecule has 5 nitrogen and oxygen atoms in total. The molecule has 0 N–H and O–H groups in total. The van der Waals surface area contributed by atoms with Crippen LogP contribution in [0.3, 0.4) is 0 Å². The maximum absolute atomic E-state index is 12.7. The maximum atomic E-state index is 12.7. The van der Waals surface area contributed by atoms with Crippen molar-refractivity contribution in [2.75, 3.05) is 20.3 Å². The largest absolute Gasteiger partial charge is 0.493 e. The zero-order valence-corrected chi connectivity index (χ0v) is 15.5. The van der Waals surface area contributed by atoms with Crippen LogP contribution >= 0.6 is 11.6 Å². The molecule has 1 amide bonds. The van der Waals surface area contributed by atoms with Gasteiger partial charge in [0.05, 0.1) is 24.4 Å². The number of ether oxygens (including phenoxy) is 2. The van der Waals surface area contributed by atoms with Crippen LogP contribution in [0.1, 0.15) is 24.8 Å². The average Bonchev–Trinajstić information content (AvgIpc) is 2.82. The molecular weight excluding hydrogens is 352 g/mol. The Kier molecular flexibility index (Phi) is 4.72.